The third-order valence-corrected chi connectivity index (χ3v) is 5.44. The van der Waals surface area contributed by atoms with Crippen LogP contribution in [0.2, 0.25) is 0 Å². The highest BCUT2D eigenvalue weighted by molar-refractivity contribution is 5.97. The van der Waals surface area contributed by atoms with Crippen LogP contribution in [0.25, 0.3) is 33.4 Å². The lowest BCUT2D eigenvalue weighted by molar-refractivity contribution is -0.605. The molecule has 31 heavy (non-hydrogen) atoms. The molecule has 4 aromatic rings. The fourth-order valence-electron chi connectivity index (χ4n) is 3.53. The number of nitrogens with one attached hydrogen (secondary N) is 1. The molecule has 1 N–H and O–H groups in total. The van der Waals surface area contributed by atoms with E-state index >= 15 is 4.39 Å². The molecule has 0 unspecified atom stereocenters. The molecule has 6 nitrogen and oxygen atoms in total. The van der Waals surface area contributed by atoms with Crippen molar-refractivity contribution in [2.45, 2.75) is 25.8 Å². The van der Waals surface area contributed by atoms with E-state index in [2.05, 4.69) is 10.5 Å². The summed E-state index contributed by atoms with van der Waals surface area (Å²) in [6.07, 6.45) is 4.43. The normalized spacial score (nSPS) is 13.5. The van der Waals surface area contributed by atoms with Crippen LogP contribution in [-0.2, 0) is 0 Å². The molecule has 1 saturated carbocycles. The number of halogens is 2. The molecule has 2 heterocycles. The van der Waals surface area contributed by atoms with E-state index in [4.69, 9.17) is 4.52 Å². The molecular formula is C23H17F2N3O3. The van der Waals surface area contributed by atoms with Crippen molar-refractivity contribution < 1.29 is 22.8 Å². The van der Waals surface area contributed by atoms with E-state index < -0.39 is 11.6 Å². The Balaban J connectivity index is 1.60. The van der Waals surface area contributed by atoms with Gasteiger partial charge >= 0.3 is 0 Å². The molecule has 1 aliphatic rings. The fraction of sp³-hybridized carbons (Fsp3) is 0.174. The first-order valence-corrected chi connectivity index (χ1v) is 9.80. The van der Waals surface area contributed by atoms with Gasteiger partial charge < -0.3 is 15.0 Å². The van der Waals surface area contributed by atoms with Crippen LogP contribution in [0.4, 0.5) is 8.78 Å². The molecule has 1 aliphatic carbocycles. The second-order valence-corrected chi connectivity index (χ2v) is 7.68. The van der Waals surface area contributed by atoms with E-state index in [9.17, 15) is 14.4 Å². The SMILES string of the molecule is Cc1c(F)cc(C(=O)NC2CC2)cc1-c1cc2onc(-c3cc[n+]([O-])cc3)c2cc1F. The van der Waals surface area contributed by atoms with Gasteiger partial charge in [0.15, 0.2) is 18.0 Å². The summed E-state index contributed by atoms with van der Waals surface area (Å²) in [5, 5.41) is 18.5. The van der Waals surface area contributed by atoms with Gasteiger partial charge in [0, 0.05) is 34.9 Å². The Hall–Kier alpha value is -3.81. The first-order chi connectivity index (χ1) is 14.9. The molecule has 2 aromatic heterocycles. The molecule has 1 amide bonds. The van der Waals surface area contributed by atoms with Gasteiger partial charge in [-0.1, -0.05) is 5.16 Å². The molecule has 0 saturated heterocycles. The van der Waals surface area contributed by atoms with Gasteiger partial charge in [-0.05, 0) is 55.2 Å². The molecule has 0 bridgehead atoms. The monoisotopic (exact) mass is 421 g/mol. The highest BCUT2D eigenvalue weighted by atomic mass is 19.1. The average molecular weight is 421 g/mol. The van der Waals surface area contributed by atoms with E-state index in [1.54, 1.807) is 12.1 Å². The second kappa shape index (κ2) is 7.16. The summed E-state index contributed by atoms with van der Waals surface area (Å²) < 4.78 is 35.8. The van der Waals surface area contributed by atoms with Crippen LogP contribution in [0, 0.1) is 23.8 Å². The molecule has 1 fully saturated rings. The Kier molecular flexibility index (Phi) is 4.43. The second-order valence-electron chi connectivity index (χ2n) is 7.68. The number of amides is 1. The molecule has 5 rings (SSSR count). The van der Waals surface area contributed by atoms with Gasteiger partial charge in [0.2, 0.25) is 0 Å². The third kappa shape index (κ3) is 3.50. The van der Waals surface area contributed by atoms with Gasteiger partial charge in [0.1, 0.15) is 17.3 Å². The van der Waals surface area contributed by atoms with Crippen LogP contribution in [0.1, 0.15) is 28.8 Å². The molecular weight excluding hydrogens is 404 g/mol. The standard InChI is InChI=1S/C23H17F2N3O3/c1-12-16(8-14(9-19(12)24)23(29)26-15-2-3-15)17-11-21-18(10-20(17)25)22(27-31-21)13-4-6-28(30)7-5-13/h4-11,15H,2-3H2,1H3,(H,26,29). The number of hydrogen-bond acceptors (Lipinski definition) is 4. The molecule has 0 radical (unpaired) electrons. The minimum absolute atomic E-state index is 0.109. The van der Waals surface area contributed by atoms with Crippen LogP contribution >= 0.6 is 0 Å². The number of carbonyl (C=O) groups excluding carboxylic acids is 1. The van der Waals surface area contributed by atoms with E-state index in [1.165, 1.54) is 37.5 Å². The minimum atomic E-state index is -0.603. The van der Waals surface area contributed by atoms with Gasteiger partial charge in [-0.15, -0.1) is 0 Å². The lowest BCUT2D eigenvalue weighted by Crippen LogP contribution is -2.25. The average Bonchev–Trinajstić information content (AvgIpc) is 3.47. The predicted octanol–water partition coefficient (Wildman–Crippen LogP) is 4.27. The molecule has 156 valence electrons. The molecule has 0 aliphatic heterocycles. The number of rotatable bonds is 4. The van der Waals surface area contributed by atoms with E-state index in [1.807, 2.05) is 0 Å². The number of hydrogen-bond donors (Lipinski definition) is 1. The molecule has 0 spiro atoms. The zero-order valence-corrected chi connectivity index (χ0v) is 16.5. The summed E-state index contributed by atoms with van der Waals surface area (Å²) in [7, 11) is 0. The maximum Gasteiger partial charge on any atom is 0.251 e. The van der Waals surface area contributed by atoms with Crippen molar-refractivity contribution in [3.8, 4) is 22.4 Å². The Bertz CT molecular complexity index is 1330. The minimum Gasteiger partial charge on any atom is -0.619 e. The van der Waals surface area contributed by atoms with Gasteiger partial charge in [-0.3, -0.25) is 4.79 Å². The topological polar surface area (TPSA) is 82.1 Å². The number of nitrogens with zero attached hydrogens (tertiary/aromatic N) is 2. The first-order valence-electron chi connectivity index (χ1n) is 9.80. The summed E-state index contributed by atoms with van der Waals surface area (Å²) >= 11 is 0. The Morgan fingerprint density at radius 1 is 1.13 bits per heavy atom. The highest BCUT2D eigenvalue weighted by Crippen LogP contribution is 2.35. The van der Waals surface area contributed by atoms with Crippen molar-refractivity contribution in [3.63, 3.8) is 0 Å². The van der Waals surface area contributed by atoms with E-state index in [-0.39, 0.29) is 34.2 Å². The molecule has 2 aromatic carbocycles. The Labute approximate surface area is 175 Å². The van der Waals surface area contributed by atoms with Gasteiger partial charge in [-0.25, -0.2) is 8.78 Å². The number of fused-ring (bicyclic) bond motifs is 1. The van der Waals surface area contributed by atoms with Crippen LogP contribution in [0.3, 0.4) is 0 Å². The van der Waals surface area contributed by atoms with Crippen molar-refractivity contribution in [1.82, 2.24) is 10.5 Å². The van der Waals surface area contributed by atoms with Crippen molar-refractivity contribution in [2.24, 2.45) is 0 Å². The first kappa shape index (κ1) is 19.2. The van der Waals surface area contributed by atoms with Crippen LogP contribution in [0.5, 0.6) is 0 Å². The summed E-state index contributed by atoms with van der Waals surface area (Å²) in [6, 6.07) is 8.59. The van der Waals surface area contributed by atoms with Crippen LogP contribution in [-0.4, -0.2) is 17.1 Å². The fourth-order valence-corrected chi connectivity index (χ4v) is 3.53. The highest BCUT2D eigenvalue weighted by Gasteiger charge is 2.25. The largest absolute Gasteiger partial charge is 0.619 e. The van der Waals surface area contributed by atoms with Crippen molar-refractivity contribution in [1.29, 1.82) is 0 Å². The van der Waals surface area contributed by atoms with Gasteiger partial charge in [-0.2, -0.15) is 4.73 Å². The number of aromatic nitrogens is 2. The zero-order valence-electron chi connectivity index (χ0n) is 16.5. The number of benzene rings is 2. The lowest BCUT2D eigenvalue weighted by Gasteiger charge is -2.12. The van der Waals surface area contributed by atoms with Crippen LogP contribution < -0.4 is 10.0 Å². The Morgan fingerprint density at radius 3 is 2.58 bits per heavy atom. The molecule has 8 heteroatoms. The van der Waals surface area contributed by atoms with Crippen molar-refractivity contribution in [3.05, 3.63) is 76.8 Å². The molecule has 0 atom stereocenters. The van der Waals surface area contributed by atoms with E-state index in [0.717, 1.165) is 18.9 Å². The number of carbonyl (C=O) groups is 1. The van der Waals surface area contributed by atoms with Crippen molar-refractivity contribution >= 4 is 16.9 Å². The van der Waals surface area contributed by atoms with Crippen molar-refractivity contribution in [2.75, 3.05) is 0 Å². The summed E-state index contributed by atoms with van der Waals surface area (Å²) in [6.45, 7) is 1.53. The Morgan fingerprint density at radius 2 is 1.87 bits per heavy atom. The lowest BCUT2D eigenvalue weighted by atomic mass is 9.95. The van der Waals surface area contributed by atoms with E-state index in [0.29, 0.717) is 27.0 Å². The zero-order chi connectivity index (χ0) is 21.7. The van der Waals surface area contributed by atoms with Crippen LogP contribution in [0.15, 0.2) is 53.3 Å². The van der Waals surface area contributed by atoms with Gasteiger partial charge in [0.25, 0.3) is 5.91 Å². The van der Waals surface area contributed by atoms with Gasteiger partial charge in [0.05, 0.1) is 5.39 Å². The summed E-state index contributed by atoms with van der Waals surface area (Å²) in [5.74, 6) is -1.58. The quantitative estimate of drug-likeness (QED) is 0.394. The summed E-state index contributed by atoms with van der Waals surface area (Å²) in [5.41, 5.74) is 2.03. The summed E-state index contributed by atoms with van der Waals surface area (Å²) in [4.78, 5) is 12.4. The maximum absolute atomic E-state index is 15.2. The smallest absolute Gasteiger partial charge is 0.251 e. The predicted molar refractivity (Wildman–Crippen MR) is 109 cm³/mol. The third-order valence-electron chi connectivity index (χ3n) is 5.44. The maximum atomic E-state index is 15.2. The number of pyridine rings is 1.